The molecule has 2 unspecified atom stereocenters. The van der Waals surface area contributed by atoms with E-state index in [1.54, 1.807) is 24.5 Å². The summed E-state index contributed by atoms with van der Waals surface area (Å²) in [6.07, 6.45) is 6.30. The number of phenols is 1. The third-order valence-corrected chi connectivity index (χ3v) is 4.45. The van der Waals surface area contributed by atoms with Crippen LogP contribution in [0.25, 0.3) is 0 Å². The van der Waals surface area contributed by atoms with Gasteiger partial charge in [-0.3, -0.25) is 4.98 Å². The normalized spacial score (nSPS) is 18.4. The van der Waals surface area contributed by atoms with Crippen molar-refractivity contribution in [1.29, 1.82) is 0 Å². The number of nitrogens with one attached hydrogen (secondary N) is 1. The summed E-state index contributed by atoms with van der Waals surface area (Å²) in [5.74, 6) is 0.257. The molecule has 1 saturated heterocycles. The lowest BCUT2D eigenvalue weighted by atomic mass is 10.1. The number of benzene rings is 1. The predicted octanol–water partition coefficient (Wildman–Crippen LogP) is 3.26. The molecular formula is C19H23N3O2. The number of phenolic OH excluding ortho intramolecular Hbond substituents is 1. The van der Waals surface area contributed by atoms with Crippen LogP contribution in [0, 0.1) is 0 Å². The van der Waals surface area contributed by atoms with E-state index in [1.165, 1.54) is 0 Å². The molecule has 1 fully saturated rings. The first-order valence-electron chi connectivity index (χ1n) is 8.38. The van der Waals surface area contributed by atoms with Crippen LogP contribution in [-0.2, 0) is 6.42 Å². The molecule has 2 amide bonds. The number of likely N-dealkylation sites (tertiary alicyclic amines) is 1. The minimum absolute atomic E-state index is 0.0133. The molecule has 126 valence electrons. The lowest BCUT2D eigenvalue weighted by Crippen LogP contribution is -2.44. The molecule has 24 heavy (non-hydrogen) atoms. The molecule has 2 heterocycles. The number of carbonyl (C=O) groups excluding carboxylic acids is 1. The highest BCUT2D eigenvalue weighted by Gasteiger charge is 2.30. The van der Waals surface area contributed by atoms with Crippen LogP contribution in [0.4, 0.5) is 4.79 Å². The van der Waals surface area contributed by atoms with Crippen molar-refractivity contribution in [2.75, 3.05) is 6.54 Å². The van der Waals surface area contributed by atoms with Gasteiger partial charge in [-0.15, -0.1) is 0 Å². The number of hydrogen-bond acceptors (Lipinski definition) is 3. The van der Waals surface area contributed by atoms with Crippen molar-refractivity contribution < 1.29 is 9.90 Å². The maximum absolute atomic E-state index is 12.6. The van der Waals surface area contributed by atoms with Crippen molar-refractivity contribution in [3.63, 3.8) is 0 Å². The van der Waals surface area contributed by atoms with Crippen LogP contribution in [0.1, 0.15) is 36.9 Å². The van der Waals surface area contributed by atoms with Crippen molar-refractivity contribution in [2.45, 2.75) is 38.3 Å². The Labute approximate surface area is 142 Å². The molecular weight excluding hydrogens is 302 g/mol. The summed E-state index contributed by atoms with van der Waals surface area (Å²) < 4.78 is 0. The SMILES string of the molecule is CC(Cc1ccc(O)cc1)NC(=O)N1CCCC1c1ccncc1. The number of aromatic hydroxyl groups is 1. The molecule has 2 N–H and O–H groups in total. The Morgan fingerprint density at radius 1 is 1.29 bits per heavy atom. The second kappa shape index (κ2) is 7.34. The van der Waals surface area contributed by atoms with Gasteiger partial charge in [-0.25, -0.2) is 4.79 Å². The number of rotatable bonds is 4. The molecule has 2 aromatic rings. The third kappa shape index (κ3) is 3.85. The topological polar surface area (TPSA) is 65.5 Å². The average Bonchev–Trinajstić information content (AvgIpc) is 3.07. The van der Waals surface area contributed by atoms with Crippen LogP contribution in [-0.4, -0.2) is 33.6 Å². The fraction of sp³-hybridized carbons (Fsp3) is 0.368. The fourth-order valence-corrected chi connectivity index (χ4v) is 3.27. The average molecular weight is 325 g/mol. The van der Waals surface area contributed by atoms with Crippen LogP contribution >= 0.6 is 0 Å². The van der Waals surface area contributed by atoms with E-state index in [1.807, 2.05) is 36.1 Å². The number of urea groups is 1. The first-order chi connectivity index (χ1) is 11.6. The van der Waals surface area contributed by atoms with Crippen LogP contribution in [0.2, 0.25) is 0 Å². The lowest BCUT2D eigenvalue weighted by molar-refractivity contribution is 0.189. The van der Waals surface area contributed by atoms with Gasteiger partial charge < -0.3 is 15.3 Å². The Balaban J connectivity index is 1.60. The van der Waals surface area contributed by atoms with E-state index in [0.29, 0.717) is 0 Å². The predicted molar refractivity (Wildman–Crippen MR) is 92.7 cm³/mol. The van der Waals surface area contributed by atoms with E-state index in [0.717, 1.165) is 36.9 Å². The quantitative estimate of drug-likeness (QED) is 0.907. The number of hydrogen-bond donors (Lipinski definition) is 2. The van der Waals surface area contributed by atoms with Crippen molar-refractivity contribution in [1.82, 2.24) is 15.2 Å². The zero-order valence-corrected chi connectivity index (χ0v) is 13.9. The molecule has 5 nitrogen and oxygen atoms in total. The number of amides is 2. The van der Waals surface area contributed by atoms with Crippen LogP contribution < -0.4 is 5.32 Å². The van der Waals surface area contributed by atoms with Gasteiger partial charge in [-0.2, -0.15) is 0 Å². The van der Waals surface area contributed by atoms with Gasteiger partial charge in [-0.1, -0.05) is 12.1 Å². The van der Waals surface area contributed by atoms with Crippen molar-refractivity contribution in [3.05, 3.63) is 59.9 Å². The Hall–Kier alpha value is -2.56. The van der Waals surface area contributed by atoms with E-state index < -0.39 is 0 Å². The molecule has 1 aliphatic rings. The van der Waals surface area contributed by atoms with Crippen LogP contribution in [0.15, 0.2) is 48.8 Å². The fourth-order valence-electron chi connectivity index (χ4n) is 3.27. The van der Waals surface area contributed by atoms with Crippen molar-refractivity contribution in [2.24, 2.45) is 0 Å². The van der Waals surface area contributed by atoms with Crippen LogP contribution in [0.3, 0.4) is 0 Å². The number of nitrogens with zero attached hydrogens (tertiary/aromatic N) is 2. The van der Waals surface area contributed by atoms with Gasteiger partial charge in [0, 0.05) is 25.0 Å². The van der Waals surface area contributed by atoms with E-state index in [9.17, 15) is 9.90 Å². The van der Waals surface area contributed by atoms with Gasteiger partial charge in [-0.05, 0) is 61.6 Å². The van der Waals surface area contributed by atoms with E-state index in [2.05, 4.69) is 10.3 Å². The minimum atomic E-state index is -0.0133. The standard InChI is InChI=1S/C19H23N3O2/c1-14(13-15-4-6-17(23)7-5-15)21-19(24)22-12-2-3-18(22)16-8-10-20-11-9-16/h4-11,14,18,23H,2-3,12-13H2,1H3,(H,21,24). The molecule has 0 aliphatic carbocycles. The summed E-state index contributed by atoms with van der Waals surface area (Å²) >= 11 is 0. The highest BCUT2D eigenvalue weighted by atomic mass is 16.3. The maximum atomic E-state index is 12.6. The molecule has 1 aliphatic heterocycles. The summed E-state index contributed by atoms with van der Waals surface area (Å²) in [5.41, 5.74) is 2.23. The van der Waals surface area contributed by atoms with E-state index in [4.69, 9.17) is 0 Å². The Morgan fingerprint density at radius 2 is 2.00 bits per heavy atom. The highest BCUT2D eigenvalue weighted by Crippen LogP contribution is 2.31. The second-order valence-electron chi connectivity index (χ2n) is 6.35. The molecule has 5 heteroatoms. The Morgan fingerprint density at radius 3 is 2.71 bits per heavy atom. The van der Waals surface area contributed by atoms with Gasteiger partial charge in [0.1, 0.15) is 5.75 Å². The van der Waals surface area contributed by atoms with Gasteiger partial charge in [0.2, 0.25) is 0 Å². The second-order valence-corrected chi connectivity index (χ2v) is 6.35. The molecule has 0 radical (unpaired) electrons. The van der Waals surface area contributed by atoms with Crippen molar-refractivity contribution >= 4 is 6.03 Å². The zero-order valence-electron chi connectivity index (χ0n) is 13.9. The van der Waals surface area contributed by atoms with Gasteiger partial charge >= 0.3 is 6.03 Å². The highest BCUT2D eigenvalue weighted by molar-refractivity contribution is 5.75. The van der Waals surface area contributed by atoms with E-state index >= 15 is 0 Å². The molecule has 0 bridgehead atoms. The van der Waals surface area contributed by atoms with Crippen molar-refractivity contribution in [3.8, 4) is 5.75 Å². The summed E-state index contributed by atoms with van der Waals surface area (Å²) in [6.45, 7) is 2.78. The number of carbonyl (C=O) groups is 1. The molecule has 0 spiro atoms. The molecule has 2 atom stereocenters. The summed E-state index contributed by atoms with van der Waals surface area (Å²) in [4.78, 5) is 18.6. The number of aromatic nitrogens is 1. The third-order valence-electron chi connectivity index (χ3n) is 4.45. The van der Waals surface area contributed by atoms with Gasteiger partial charge in [0.15, 0.2) is 0 Å². The molecule has 0 saturated carbocycles. The summed E-state index contributed by atoms with van der Waals surface area (Å²) in [7, 11) is 0. The summed E-state index contributed by atoms with van der Waals surface area (Å²) in [6, 6.07) is 11.2. The monoisotopic (exact) mass is 325 g/mol. The Bertz CT molecular complexity index is 673. The summed E-state index contributed by atoms with van der Waals surface area (Å²) in [5, 5.41) is 12.4. The van der Waals surface area contributed by atoms with E-state index in [-0.39, 0.29) is 23.9 Å². The number of pyridine rings is 1. The maximum Gasteiger partial charge on any atom is 0.318 e. The lowest BCUT2D eigenvalue weighted by Gasteiger charge is -2.27. The van der Waals surface area contributed by atoms with Gasteiger partial charge in [0.05, 0.1) is 6.04 Å². The van der Waals surface area contributed by atoms with Gasteiger partial charge in [0.25, 0.3) is 0 Å². The zero-order chi connectivity index (χ0) is 16.9. The minimum Gasteiger partial charge on any atom is -0.508 e. The molecule has 1 aromatic carbocycles. The largest absolute Gasteiger partial charge is 0.508 e. The Kier molecular flexibility index (Phi) is 4.99. The first kappa shape index (κ1) is 16.3. The first-order valence-corrected chi connectivity index (χ1v) is 8.38. The van der Waals surface area contributed by atoms with Crippen LogP contribution in [0.5, 0.6) is 5.75 Å². The smallest absolute Gasteiger partial charge is 0.318 e. The molecule has 3 rings (SSSR count). The molecule has 1 aromatic heterocycles.